The first-order valence-electron chi connectivity index (χ1n) is 4.04. The highest BCUT2D eigenvalue weighted by molar-refractivity contribution is 7.99. The van der Waals surface area contributed by atoms with Gasteiger partial charge in [0.1, 0.15) is 6.04 Å². The third kappa shape index (κ3) is 3.49. The normalized spacial score (nSPS) is 12.8. The number of nitrogens with two attached hydrogens (primary N) is 1. The molecule has 0 aliphatic heterocycles. The predicted molar refractivity (Wildman–Crippen MR) is 52.9 cm³/mol. The van der Waals surface area contributed by atoms with Gasteiger partial charge in [0.25, 0.3) is 5.76 Å². The SMILES string of the molecule is NC(C(=O)O)c1cccc(SC(F)F)c1. The van der Waals surface area contributed by atoms with Crippen LogP contribution in [-0.2, 0) is 4.79 Å². The van der Waals surface area contributed by atoms with Crippen LogP contribution in [0.15, 0.2) is 29.2 Å². The predicted octanol–water partition coefficient (Wildman–Crippen LogP) is 2.09. The lowest BCUT2D eigenvalue weighted by atomic mass is 10.1. The number of halogens is 2. The second kappa shape index (κ2) is 5.09. The number of carbonyl (C=O) groups is 1. The largest absolute Gasteiger partial charge is 0.480 e. The van der Waals surface area contributed by atoms with Crippen LogP contribution < -0.4 is 5.73 Å². The Morgan fingerprint density at radius 1 is 1.47 bits per heavy atom. The number of carboxylic acid groups (broad SMARTS) is 1. The fourth-order valence-electron chi connectivity index (χ4n) is 1.03. The summed E-state index contributed by atoms with van der Waals surface area (Å²) in [7, 11) is 0. The first-order valence-corrected chi connectivity index (χ1v) is 4.92. The average Bonchev–Trinajstić information content (AvgIpc) is 2.16. The minimum atomic E-state index is -2.53. The molecule has 1 rings (SSSR count). The highest BCUT2D eigenvalue weighted by atomic mass is 32.2. The molecule has 1 aromatic rings. The van der Waals surface area contributed by atoms with Gasteiger partial charge >= 0.3 is 5.97 Å². The van der Waals surface area contributed by atoms with Crippen molar-refractivity contribution in [1.29, 1.82) is 0 Å². The van der Waals surface area contributed by atoms with Crippen LogP contribution in [0.5, 0.6) is 0 Å². The van der Waals surface area contributed by atoms with Gasteiger partial charge in [-0.3, -0.25) is 4.79 Å². The second-order valence-corrected chi connectivity index (χ2v) is 3.83. The van der Waals surface area contributed by atoms with E-state index in [-0.39, 0.29) is 0 Å². The van der Waals surface area contributed by atoms with Crippen LogP contribution in [0, 0.1) is 0 Å². The number of aliphatic carboxylic acids is 1. The fraction of sp³-hybridized carbons (Fsp3) is 0.222. The molecule has 3 N–H and O–H groups in total. The Morgan fingerprint density at radius 2 is 2.13 bits per heavy atom. The Bertz CT molecular complexity index is 360. The van der Waals surface area contributed by atoms with Crippen molar-refractivity contribution >= 4 is 17.7 Å². The average molecular weight is 233 g/mol. The summed E-state index contributed by atoms with van der Waals surface area (Å²) in [4.78, 5) is 10.9. The van der Waals surface area contributed by atoms with Crippen LogP contribution in [-0.4, -0.2) is 16.8 Å². The molecule has 6 heteroatoms. The Kier molecular flexibility index (Phi) is 4.05. The number of hydrogen-bond donors (Lipinski definition) is 2. The molecular weight excluding hydrogens is 224 g/mol. The van der Waals surface area contributed by atoms with Crippen LogP contribution in [0.4, 0.5) is 8.78 Å². The van der Waals surface area contributed by atoms with Crippen molar-refractivity contribution in [1.82, 2.24) is 0 Å². The molecule has 0 saturated heterocycles. The quantitative estimate of drug-likeness (QED) is 0.781. The zero-order chi connectivity index (χ0) is 11.4. The summed E-state index contributed by atoms with van der Waals surface area (Å²) in [6.45, 7) is 0. The van der Waals surface area contributed by atoms with E-state index in [2.05, 4.69) is 0 Å². The molecule has 0 saturated carbocycles. The third-order valence-corrected chi connectivity index (χ3v) is 2.41. The number of thioether (sulfide) groups is 1. The molecule has 0 aromatic heterocycles. The van der Waals surface area contributed by atoms with E-state index in [9.17, 15) is 13.6 Å². The lowest BCUT2D eigenvalue weighted by Gasteiger charge is -2.08. The van der Waals surface area contributed by atoms with Crippen molar-refractivity contribution in [3.8, 4) is 0 Å². The summed E-state index contributed by atoms with van der Waals surface area (Å²) in [6, 6.07) is 4.66. The summed E-state index contributed by atoms with van der Waals surface area (Å²) in [6.07, 6.45) is 0. The van der Waals surface area contributed by atoms with E-state index in [1.165, 1.54) is 24.3 Å². The standard InChI is InChI=1S/C9H9F2NO2S/c10-9(11)15-6-3-1-2-5(4-6)7(12)8(13)14/h1-4,7,9H,12H2,(H,13,14). The van der Waals surface area contributed by atoms with Gasteiger partial charge in [-0.25, -0.2) is 0 Å². The van der Waals surface area contributed by atoms with E-state index < -0.39 is 17.8 Å². The lowest BCUT2D eigenvalue weighted by Crippen LogP contribution is -2.20. The van der Waals surface area contributed by atoms with E-state index in [4.69, 9.17) is 10.8 Å². The van der Waals surface area contributed by atoms with E-state index in [0.717, 1.165) is 0 Å². The molecule has 0 heterocycles. The van der Waals surface area contributed by atoms with Gasteiger partial charge < -0.3 is 10.8 Å². The van der Waals surface area contributed by atoms with Gasteiger partial charge in [-0.2, -0.15) is 8.78 Å². The molecule has 82 valence electrons. The zero-order valence-corrected chi connectivity index (χ0v) is 8.38. The van der Waals surface area contributed by atoms with Crippen molar-refractivity contribution < 1.29 is 18.7 Å². The van der Waals surface area contributed by atoms with Crippen molar-refractivity contribution in [2.75, 3.05) is 0 Å². The lowest BCUT2D eigenvalue weighted by molar-refractivity contribution is -0.138. The Balaban J connectivity index is 2.87. The highest BCUT2D eigenvalue weighted by Crippen LogP contribution is 2.26. The molecule has 0 spiro atoms. The van der Waals surface area contributed by atoms with Crippen LogP contribution >= 0.6 is 11.8 Å². The van der Waals surface area contributed by atoms with E-state index in [1.807, 2.05) is 0 Å². The number of hydrogen-bond acceptors (Lipinski definition) is 3. The first kappa shape index (κ1) is 11.9. The van der Waals surface area contributed by atoms with Crippen molar-refractivity contribution in [3.05, 3.63) is 29.8 Å². The maximum atomic E-state index is 12.0. The minimum absolute atomic E-state index is 0.305. The minimum Gasteiger partial charge on any atom is -0.480 e. The smallest absolute Gasteiger partial charge is 0.325 e. The highest BCUT2D eigenvalue weighted by Gasteiger charge is 2.15. The van der Waals surface area contributed by atoms with Gasteiger partial charge in [0.15, 0.2) is 0 Å². The summed E-state index contributed by atoms with van der Waals surface area (Å²) in [5.41, 5.74) is 5.65. The molecule has 0 radical (unpaired) electrons. The van der Waals surface area contributed by atoms with Crippen molar-refractivity contribution in [3.63, 3.8) is 0 Å². The number of alkyl halides is 2. The van der Waals surface area contributed by atoms with Gasteiger partial charge in [-0.15, -0.1) is 0 Å². The Labute approximate surface area is 89.3 Å². The van der Waals surface area contributed by atoms with Crippen LogP contribution in [0.25, 0.3) is 0 Å². The van der Waals surface area contributed by atoms with Gasteiger partial charge in [-0.05, 0) is 17.7 Å². The molecule has 0 aliphatic rings. The number of benzene rings is 1. The van der Waals surface area contributed by atoms with E-state index in [0.29, 0.717) is 22.2 Å². The summed E-state index contributed by atoms with van der Waals surface area (Å²) >= 11 is 0.360. The Hall–Kier alpha value is -1.14. The molecule has 0 bridgehead atoms. The topological polar surface area (TPSA) is 63.3 Å². The molecule has 1 atom stereocenters. The molecule has 15 heavy (non-hydrogen) atoms. The monoisotopic (exact) mass is 233 g/mol. The van der Waals surface area contributed by atoms with Crippen LogP contribution in [0.3, 0.4) is 0 Å². The van der Waals surface area contributed by atoms with Gasteiger partial charge in [-0.1, -0.05) is 23.9 Å². The summed E-state index contributed by atoms with van der Waals surface area (Å²) in [5.74, 6) is -3.71. The van der Waals surface area contributed by atoms with Gasteiger partial charge in [0.05, 0.1) is 0 Å². The zero-order valence-electron chi connectivity index (χ0n) is 7.56. The van der Waals surface area contributed by atoms with E-state index >= 15 is 0 Å². The molecule has 1 unspecified atom stereocenters. The molecule has 0 fully saturated rings. The van der Waals surface area contributed by atoms with Gasteiger partial charge in [0.2, 0.25) is 0 Å². The summed E-state index contributed by atoms with van der Waals surface area (Å²) in [5, 5.41) is 8.63. The van der Waals surface area contributed by atoms with Crippen LogP contribution in [0.1, 0.15) is 11.6 Å². The maximum Gasteiger partial charge on any atom is 0.325 e. The number of carboxylic acids is 1. The summed E-state index contributed by atoms with van der Waals surface area (Å²) < 4.78 is 24.1. The Morgan fingerprint density at radius 3 is 2.67 bits per heavy atom. The third-order valence-electron chi connectivity index (χ3n) is 1.71. The van der Waals surface area contributed by atoms with E-state index in [1.54, 1.807) is 0 Å². The fourth-order valence-corrected chi connectivity index (χ4v) is 1.59. The molecule has 3 nitrogen and oxygen atoms in total. The maximum absolute atomic E-state index is 12.0. The van der Waals surface area contributed by atoms with Gasteiger partial charge in [0, 0.05) is 4.90 Å². The van der Waals surface area contributed by atoms with Crippen molar-refractivity contribution in [2.45, 2.75) is 16.7 Å². The molecule has 0 aliphatic carbocycles. The number of rotatable bonds is 4. The van der Waals surface area contributed by atoms with Crippen molar-refractivity contribution in [2.24, 2.45) is 5.73 Å². The molecule has 1 aromatic carbocycles. The van der Waals surface area contributed by atoms with Crippen LogP contribution in [0.2, 0.25) is 0 Å². The molecular formula is C9H9F2NO2S. The first-order chi connectivity index (χ1) is 7.00. The second-order valence-electron chi connectivity index (χ2n) is 2.77. The molecule has 0 amide bonds.